The summed E-state index contributed by atoms with van der Waals surface area (Å²) < 4.78 is 17.9. The van der Waals surface area contributed by atoms with E-state index in [1.54, 1.807) is 0 Å². The number of phenols is 1. The van der Waals surface area contributed by atoms with Gasteiger partial charge in [0.1, 0.15) is 11.9 Å². The van der Waals surface area contributed by atoms with E-state index in [2.05, 4.69) is 0 Å². The van der Waals surface area contributed by atoms with Crippen molar-refractivity contribution < 1.29 is 24.1 Å². The number of hydrogen-bond acceptors (Lipinski definition) is 4. The molecular formula is C9H10FNO4. The molecule has 0 bridgehead atoms. The van der Waals surface area contributed by atoms with Crippen molar-refractivity contribution in [3.05, 3.63) is 23.5 Å². The topological polar surface area (TPSA) is 92.8 Å². The molecule has 0 spiro atoms. The fourth-order valence-corrected chi connectivity index (χ4v) is 1.15. The van der Waals surface area contributed by atoms with E-state index in [4.69, 9.17) is 15.6 Å². The summed E-state index contributed by atoms with van der Waals surface area (Å²) in [5.41, 5.74) is 4.72. The first-order valence-corrected chi connectivity index (χ1v) is 4.02. The number of rotatable bonds is 3. The van der Waals surface area contributed by atoms with E-state index < -0.39 is 29.1 Å². The molecule has 0 fully saturated rings. The van der Waals surface area contributed by atoms with Crippen molar-refractivity contribution in [3.63, 3.8) is 0 Å². The number of methoxy groups -OCH3 is 1. The van der Waals surface area contributed by atoms with Crippen LogP contribution in [-0.4, -0.2) is 23.3 Å². The Morgan fingerprint density at radius 1 is 1.60 bits per heavy atom. The van der Waals surface area contributed by atoms with Crippen LogP contribution in [0.2, 0.25) is 0 Å². The number of halogens is 1. The van der Waals surface area contributed by atoms with Gasteiger partial charge in [-0.3, -0.25) is 4.79 Å². The lowest BCUT2D eigenvalue weighted by atomic mass is 10.1. The van der Waals surface area contributed by atoms with Crippen LogP contribution in [-0.2, 0) is 4.79 Å². The molecule has 0 radical (unpaired) electrons. The molecule has 4 N–H and O–H groups in total. The lowest BCUT2D eigenvalue weighted by Gasteiger charge is -2.12. The molecule has 1 rings (SSSR count). The minimum Gasteiger partial charge on any atom is -0.504 e. The molecule has 6 heteroatoms. The molecule has 1 atom stereocenters. The molecule has 5 nitrogen and oxygen atoms in total. The molecule has 0 unspecified atom stereocenters. The number of phenolic OH excluding ortho intramolecular Hbond substituents is 1. The third-order valence-corrected chi connectivity index (χ3v) is 1.92. The first-order chi connectivity index (χ1) is 6.99. The largest absolute Gasteiger partial charge is 0.504 e. The first-order valence-electron chi connectivity index (χ1n) is 4.02. The third kappa shape index (κ3) is 1.99. The van der Waals surface area contributed by atoms with Crippen molar-refractivity contribution in [1.29, 1.82) is 0 Å². The second-order valence-electron chi connectivity index (χ2n) is 2.83. The Labute approximate surface area is 84.9 Å². The summed E-state index contributed by atoms with van der Waals surface area (Å²) in [6.07, 6.45) is 0. The van der Waals surface area contributed by atoms with Gasteiger partial charge < -0.3 is 20.7 Å². The van der Waals surface area contributed by atoms with Crippen LogP contribution in [0.15, 0.2) is 12.1 Å². The van der Waals surface area contributed by atoms with E-state index in [9.17, 15) is 14.3 Å². The highest BCUT2D eigenvalue weighted by Gasteiger charge is 2.24. The van der Waals surface area contributed by atoms with Gasteiger partial charge in [0.15, 0.2) is 11.5 Å². The Morgan fingerprint density at radius 2 is 2.20 bits per heavy atom. The average Bonchev–Trinajstić information content (AvgIpc) is 2.17. The van der Waals surface area contributed by atoms with E-state index >= 15 is 0 Å². The van der Waals surface area contributed by atoms with E-state index in [0.717, 1.165) is 6.07 Å². The van der Waals surface area contributed by atoms with Gasteiger partial charge in [-0.15, -0.1) is 0 Å². The minimum atomic E-state index is -1.62. The maximum absolute atomic E-state index is 13.2. The Bertz CT molecular complexity index is 394. The molecule has 0 saturated carbocycles. The van der Waals surface area contributed by atoms with Gasteiger partial charge in [0.05, 0.1) is 12.7 Å². The number of aliphatic carboxylic acids is 1. The molecule has 0 amide bonds. The van der Waals surface area contributed by atoms with Crippen LogP contribution >= 0.6 is 0 Å². The quantitative estimate of drug-likeness (QED) is 0.687. The average molecular weight is 215 g/mol. The SMILES string of the molecule is COc1ccc(F)c([C@H](N)C(=O)O)c1O. The van der Waals surface area contributed by atoms with Gasteiger partial charge in [-0.1, -0.05) is 0 Å². The number of nitrogens with two attached hydrogens (primary N) is 1. The fourth-order valence-electron chi connectivity index (χ4n) is 1.15. The van der Waals surface area contributed by atoms with Crippen molar-refractivity contribution in [2.24, 2.45) is 5.73 Å². The number of carboxylic acids is 1. The predicted molar refractivity (Wildman–Crippen MR) is 49.2 cm³/mol. The summed E-state index contributed by atoms with van der Waals surface area (Å²) in [4.78, 5) is 10.6. The number of hydrogen-bond donors (Lipinski definition) is 3. The molecule has 0 aromatic heterocycles. The van der Waals surface area contributed by atoms with Crippen LogP contribution in [0.5, 0.6) is 11.5 Å². The Kier molecular flexibility index (Phi) is 3.11. The Balaban J connectivity index is 3.32. The van der Waals surface area contributed by atoms with Crippen molar-refractivity contribution in [1.82, 2.24) is 0 Å². The van der Waals surface area contributed by atoms with Gasteiger partial charge in [-0.05, 0) is 12.1 Å². The van der Waals surface area contributed by atoms with Gasteiger partial charge in [0.25, 0.3) is 0 Å². The zero-order valence-corrected chi connectivity index (χ0v) is 7.90. The lowest BCUT2D eigenvalue weighted by molar-refractivity contribution is -0.138. The molecule has 1 aromatic rings. The summed E-state index contributed by atoms with van der Waals surface area (Å²) in [5, 5.41) is 18.1. The summed E-state index contributed by atoms with van der Waals surface area (Å²) >= 11 is 0. The summed E-state index contributed by atoms with van der Waals surface area (Å²) in [6.45, 7) is 0. The second kappa shape index (κ2) is 4.14. The molecular weight excluding hydrogens is 205 g/mol. The van der Waals surface area contributed by atoms with Gasteiger partial charge in [-0.2, -0.15) is 0 Å². The molecule has 1 aromatic carbocycles. The molecule has 0 saturated heterocycles. The van der Waals surface area contributed by atoms with Gasteiger partial charge in [-0.25, -0.2) is 4.39 Å². The number of benzene rings is 1. The third-order valence-electron chi connectivity index (χ3n) is 1.92. The predicted octanol–water partition coefficient (Wildman–Crippen LogP) is 0.624. The van der Waals surface area contributed by atoms with Crippen LogP contribution in [0, 0.1) is 5.82 Å². The molecule has 0 heterocycles. The van der Waals surface area contributed by atoms with Gasteiger partial charge in [0.2, 0.25) is 0 Å². The smallest absolute Gasteiger partial charge is 0.325 e. The number of aromatic hydroxyl groups is 1. The monoisotopic (exact) mass is 215 g/mol. The highest BCUT2D eigenvalue weighted by molar-refractivity contribution is 5.77. The van der Waals surface area contributed by atoms with Crippen LogP contribution < -0.4 is 10.5 Å². The molecule has 0 aliphatic rings. The number of carboxylic acid groups (broad SMARTS) is 1. The van der Waals surface area contributed by atoms with Gasteiger partial charge in [0, 0.05) is 0 Å². The Hall–Kier alpha value is -1.82. The minimum absolute atomic E-state index is 0.0249. The first kappa shape index (κ1) is 11.3. The van der Waals surface area contributed by atoms with E-state index in [1.807, 2.05) is 0 Å². The highest BCUT2D eigenvalue weighted by atomic mass is 19.1. The van der Waals surface area contributed by atoms with Crippen LogP contribution in [0.25, 0.3) is 0 Å². The van der Waals surface area contributed by atoms with Crippen LogP contribution in [0.3, 0.4) is 0 Å². The normalized spacial score (nSPS) is 12.2. The second-order valence-corrected chi connectivity index (χ2v) is 2.83. The van der Waals surface area contributed by atoms with E-state index in [-0.39, 0.29) is 5.75 Å². The number of carbonyl (C=O) groups is 1. The Morgan fingerprint density at radius 3 is 2.67 bits per heavy atom. The summed E-state index contributed by atoms with van der Waals surface area (Å²) in [5.74, 6) is -2.93. The maximum Gasteiger partial charge on any atom is 0.325 e. The molecule has 82 valence electrons. The van der Waals surface area contributed by atoms with E-state index in [0.29, 0.717) is 0 Å². The van der Waals surface area contributed by atoms with E-state index in [1.165, 1.54) is 13.2 Å². The molecule has 0 aliphatic carbocycles. The molecule has 0 aliphatic heterocycles. The summed E-state index contributed by atoms with van der Waals surface area (Å²) in [6, 6.07) is 0.541. The van der Waals surface area contributed by atoms with Crippen LogP contribution in [0.1, 0.15) is 11.6 Å². The van der Waals surface area contributed by atoms with Crippen molar-refractivity contribution >= 4 is 5.97 Å². The zero-order chi connectivity index (χ0) is 11.6. The highest BCUT2D eigenvalue weighted by Crippen LogP contribution is 2.34. The summed E-state index contributed by atoms with van der Waals surface area (Å²) in [7, 11) is 1.27. The zero-order valence-electron chi connectivity index (χ0n) is 7.90. The van der Waals surface area contributed by atoms with Crippen LogP contribution in [0.4, 0.5) is 4.39 Å². The van der Waals surface area contributed by atoms with Crippen molar-refractivity contribution in [2.75, 3.05) is 7.11 Å². The lowest BCUT2D eigenvalue weighted by Crippen LogP contribution is -2.22. The molecule has 15 heavy (non-hydrogen) atoms. The van der Waals surface area contributed by atoms with Crippen molar-refractivity contribution in [3.8, 4) is 11.5 Å². The number of ether oxygens (including phenoxy) is 1. The fraction of sp³-hybridized carbons (Fsp3) is 0.222. The maximum atomic E-state index is 13.2. The van der Waals surface area contributed by atoms with Crippen molar-refractivity contribution in [2.45, 2.75) is 6.04 Å². The van der Waals surface area contributed by atoms with Gasteiger partial charge >= 0.3 is 5.97 Å². The standard InChI is InChI=1S/C9H10FNO4/c1-15-5-3-2-4(10)6(8(5)12)7(11)9(13)14/h2-3,7,12H,11H2,1H3,(H,13,14)/t7-/m0/s1.